The van der Waals surface area contributed by atoms with E-state index < -0.39 is 52.1 Å². The van der Waals surface area contributed by atoms with Crippen LogP contribution >= 0.6 is 23.3 Å². The fraction of sp³-hybridized carbons (Fsp3) is 0.484. The number of aromatic nitrogens is 2. The molecule has 0 spiro atoms. The number of carbonyl (C=O) groups is 5. The van der Waals surface area contributed by atoms with Crippen molar-refractivity contribution in [1.29, 1.82) is 0 Å². The fourth-order valence-corrected chi connectivity index (χ4v) is 6.32. The van der Waals surface area contributed by atoms with Gasteiger partial charge in [-0.1, -0.05) is 17.3 Å². The molecule has 2 unspecified atom stereocenters. The van der Waals surface area contributed by atoms with Crippen LogP contribution in [0.2, 0.25) is 0 Å². The summed E-state index contributed by atoms with van der Waals surface area (Å²) in [5, 5.41) is 3.40. The number of β-lactam (4-membered cyclic amide) rings is 1. The van der Waals surface area contributed by atoms with E-state index in [0.717, 1.165) is 11.5 Å². The third-order valence-corrected chi connectivity index (χ3v) is 8.85. The molecule has 0 bridgehead atoms. The molecular weight excluding hydrogens is 666 g/mol. The van der Waals surface area contributed by atoms with Crippen LogP contribution in [0.3, 0.4) is 0 Å². The Morgan fingerprint density at radius 2 is 1.75 bits per heavy atom. The molecule has 1 saturated heterocycles. The van der Waals surface area contributed by atoms with Crippen LogP contribution in [0.25, 0.3) is 0 Å². The second-order valence-corrected chi connectivity index (χ2v) is 14.2. The summed E-state index contributed by atoms with van der Waals surface area (Å²) in [6.45, 7) is 8.89. The van der Waals surface area contributed by atoms with Crippen molar-refractivity contribution in [2.45, 2.75) is 71.1 Å². The second-order valence-electron chi connectivity index (χ2n) is 12.3. The van der Waals surface area contributed by atoms with Crippen molar-refractivity contribution in [3.8, 4) is 5.75 Å². The molecular formula is C31H37N5O10S2. The maximum Gasteiger partial charge on any atom is 0.355 e. The van der Waals surface area contributed by atoms with Gasteiger partial charge in [0.15, 0.2) is 16.6 Å². The number of Topliss-reactive ketones (excluding diaryl/α,β-unsaturated/α-hetero) is 1. The standard InChI is InChI=1S/C31H37N5O10S2/c1-16(37)43-14-18-15-47-26-20(25(39)36(26)23(18)27(40)44-13-17-8-10-19(42-7)11-9-17)12-21(38)22(24-33-29(32)48-35-24)34-46-31(5,6)28(41)45-30(2,3)4/h8-11,20,26H,12-15H2,1-7H3,(H2,32,33,35)/b34-22+. The summed E-state index contributed by atoms with van der Waals surface area (Å²) in [5.41, 5.74) is 4.07. The highest BCUT2D eigenvalue weighted by Crippen LogP contribution is 2.45. The smallest absolute Gasteiger partial charge is 0.355 e. The van der Waals surface area contributed by atoms with Crippen molar-refractivity contribution >= 4 is 63.7 Å². The van der Waals surface area contributed by atoms with Gasteiger partial charge in [-0.05, 0) is 52.3 Å². The lowest BCUT2D eigenvalue weighted by Gasteiger charge is -2.49. The zero-order chi connectivity index (χ0) is 35.4. The lowest BCUT2D eigenvalue weighted by atomic mass is 9.89. The summed E-state index contributed by atoms with van der Waals surface area (Å²) in [4.78, 5) is 75.7. The minimum absolute atomic E-state index is 0.0347. The Labute approximate surface area is 285 Å². The van der Waals surface area contributed by atoms with E-state index in [4.69, 9.17) is 29.5 Å². The van der Waals surface area contributed by atoms with Crippen molar-refractivity contribution in [3.05, 3.63) is 46.9 Å². The van der Waals surface area contributed by atoms with E-state index in [9.17, 15) is 24.0 Å². The fourth-order valence-electron chi connectivity index (χ4n) is 4.49. The lowest BCUT2D eigenvalue weighted by molar-refractivity contribution is -0.179. The number of benzene rings is 1. The van der Waals surface area contributed by atoms with Crippen LogP contribution in [0, 0.1) is 5.92 Å². The highest BCUT2D eigenvalue weighted by atomic mass is 32.2. The summed E-state index contributed by atoms with van der Waals surface area (Å²) in [6.07, 6.45) is -0.339. The molecule has 48 heavy (non-hydrogen) atoms. The summed E-state index contributed by atoms with van der Waals surface area (Å²) in [6, 6.07) is 6.91. The van der Waals surface area contributed by atoms with Crippen LogP contribution in [0.4, 0.5) is 5.13 Å². The number of esters is 3. The second kappa shape index (κ2) is 14.7. The molecule has 2 aliphatic heterocycles. The number of hydrogen-bond donors (Lipinski definition) is 1. The van der Waals surface area contributed by atoms with E-state index in [1.54, 1.807) is 45.0 Å². The SMILES string of the molecule is COc1ccc(COC(=O)C2=C(COC(C)=O)CSC3C(CC(=O)/C(=N\OC(C)(C)C(=O)OC(C)(C)C)c4nsc(N)n4)C(=O)N23)cc1. The maximum absolute atomic E-state index is 13.7. The predicted octanol–water partition coefficient (Wildman–Crippen LogP) is 3.02. The number of hydrogen-bond acceptors (Lipinski definition) is 16. The van der Waals surface area contributed by atoms with E-state index in [2.05, 4.69) is 14.5 Å². The van der Waals surface area contributed by atoms with Gasteiger partial charge >= 0.3 is 17.9 Å². The normalized spacial score (nSPS) is 18.0. The number of nitrogen functional groups attached to an aromatic ring is 1. The van der Waals surface area contributed by atoms with Gasteiger partial charge in [0, 0.05) is 36.2 Å². The molecule has 17 heteroatoms. The molecule has 1 aromatic carbocycles. The molecule has 2 N–H and O–H groups in total. The molecule has 1 fully saturated rings. The van der Waals surface area contributed by atoms with Gasteiger partial charge in [0.2, 0.25) is 17.3 Å². The van der Waals surface area contributed by atoms with E-state index >= 15 is 0 Å². The number of oxime groups is 1. The molecule has 2 atom stereocenters. The van der Waals surface area contributed by atoms with Crippen LogP contribution in [-0.4, -0.2) is 85.6 Å². The molecule has 4 rings (SSSR count). The number of amides is 1. The lowest BCUT2D eigenvalue weighted by Crippen LogP contribution is -2.62. The summed E-state index contributed by atoms with van der Waals surface area (Å²) in [7, 11) is 1.54. The number of thioether (sulfide) groups is 1. The van der Waals surface area contributed by atoms with E-state index in [0.29, 0.717) is 16.9 Å². The molecule has 3 heterocycles. The minimum Gasteiger partial charge on any atom is -0.497 e. The van der Waals surface area contributed by atoms with Crippen LogP contribution < -0.4 is 10.5 Å². The Morgan fingerprint density at radius 1 is 1.06 bits per heavy atom. The Kier molecular flexibility index (Phi) is 11.1. The first-order valence-corrected chi connectivity index (χ1v) is 16.6. The zero-order valence-corrected chi connectivity index (χ0v) is 29.2. The molecule has 1 amide bonds. The van der Waals surface area contributed by atoms with Crippen LogP contribution in [0.15, 0.2) is 40.7 Å². The quantitative estimate of drug-likeness (QED) is 0.105. The van der Waals surface area contributed by atoms with Crippen molar-refractivity contribution in [1.82, 2.24) is 14.3 Å². The first kappa shape index (κ1) is 36.3. The van der Waals surface area contributed by atoms with Gasteiger partial charge in [0.25, 0.3) is 0 Å². The van der Waals surface area contributed by atoms with Gasteiger partial charge in [0.05, 0.1) is 18.4 Å². The summed E-state index contributed by atoms with van der Waals surface area (Å²) < 4.78 is 25.3. The third kappa shape index (κ3) is 8.69. The Morgan fingerprint density at radius 3 is 2.33 bits per heavy atom. The van der Waals surface area contributed by atoms with E-state index in [1.165, 1.54) is 44.5 Å². The molecule has 15 nitrogen and oxygen atoms in total. The minimum atomic E-state index is -1.59. The first-order valence-electron chi connectivity index (χ1n) is 14.7. The number of rotatable bonds is 13. The number of nitrogens with two attached hydrogens (primary N) is 1. The van der Waals surface area contributed by atoms with Crippen molar-refractivity contribution in [2.24, 2.45) is 11.1 Å². The number of fused-ring (bicyclic) bond motifs is 1. The van der Waals surface area contributed by atoms with Crippen LogP contribution in [-0.2, 0) is 49.6 Å². The maximum atomic E-state index is 13.7. The van der Waals surface area contributed by atoms with Gasteiger partial charge in [-0.25, -0.2) is 9.59 Å². The Hall–Kier alpha value is -4.51. The highest BCUT2D eigenvalue weighted by Gasteiger charge is 2.54. The molecule has 258 valence electrons. The molecule has 2 aliphatic rings. The van der Waals surface area contributed by atoms with Gasteiger partial charge in [-0.2, -0.15) is 9.36 Å². The molecule has 2 aromatic rings. The molecule has 0 radical (unpaired) electrons. The number of methoxy groups -OCH3 is 1. The summed E-state index contributed by atoms with van der Waals surface area (Å²) >= 11 is 2.13. The van der Waals surface area contributed by atoms with Gasteiger partial charge < -0.3 is 29.5 Å². The highest BCUT2D eigenvalue weighted by molar-refractivity contribution is 8.00. The molecule has 0 aliphatic carbocycles. The number of anilines is 1. The zero-order valence-electron chi connectivity index (χ0n) is 27.6. The van der Waals surface area contributed by atoms with Crippen LogP contribution in [0.5, 0.6) is 5.75 Å². The monoisotopic (exact) mass is 703 g/mol. The third-order valence-electron chi connectivity index (χ3n) is 6.91. The number of ether oxygens (including phenoxy) is 4. The predicted molar refractivity (Wildman–Crippen MR) is 175 cm³/mol. The Bertz CT molecular complexity index is 1650. The topological polar surface area (TPSA) is 199 Å². The van der Waals surface area contributed by atoms with Gasteiger partial charge in [0.1, 0.15) is 30.3 Å². The number of ketones is 1. The number of nitrogens with zero attached hydrogens (tertiary/aromatic N) is 4. The summed E-state index contributed by atoms with van der Waals surface area (Å²) in [5.74, 6) is -3.34. The number of carbonyl (C=O) groups excluding carboxylic acids is 5. The largest absolute Gasteiger partial charge is 0.497 e. The molecule has 1 aromatic heterocycles. The van der Waals surface area contributed by atoms with Crippen LogP contribution in [0.1, 0.15) is 59.4 Å². The van der Waals surface area contributed by atoms with Gasteiger partial charge in [-0.15, -0.1) is 11.8 Å². The first-order chi connectivity index (χ1) is 22.5. The molecule has 0 saturated carbocycles. The van der Waals surface area contributed by atoms with E-state index in [-0.39, 0.29) is 47.8 Å². The van der Waals surface area contributed by atoms with E-state index in [1.807, 2.05) is 0 Å². The Balaban J connectivity index is 1.53. The van der Waals surface area contributed by atoms with Gasteiger partial charge in [-0.3, -0.25) is 19.3 Å². The van der Waals surface area contributed by atoms with Crippen molar-refractivity contribution < 1.29 is 47.8 Å². The van der Waals surface area contributed by atoms with Crippen molar-refractivity contribution in [2.75, 3.05) is 25.2 Å². The average molecular weight is 704 g/mol. The average Bonchev–Trinajstić information content (AvgIpc) is 3.45. The van der Waals surface area contributed by atoms with Crippen molar-refractivity contribution in [3.63, 3.8) is 0 Å².